The molecule has 1 aliphatic rings. The summed E-state index contributed by atoms with van der Waals surface area (Å²) in [6.45, 7) is 6.47. The first-order chi connectivity index (χ1) is 12.2. The van der Waals surface area contributed by atoms with E-state index in [0.29, 0.717) is 5.92 Å². The molecule has 3 rings (SSSR count). The standard InChI is InChI=1S/C18H26ClN5O2/c1-18(2,3)26-17(25)23(4)14-7-5-12(6-8-14)11-24-15-13(10-21-24)9-20-16(19)22-15/h9-10,12,14H,5-8,11H2,1-4H3. The highest BCUT2D eigenvalue weighted by molar-refractivity contribution is 6.28. The summed E-state index contributed by atoms with van der Waals surface area (Å²) in [7, 11) is 1.83. The summed E-state index contributed by atoms with van der Waals surface area (Å²) in [5, 5.41) is 5.56. The van der Waals surface area contributed by atoms with Crippen LogP contribution in [0.1, 0.15) is 46.5 Å². The van der Waals surface area contributed by atoms with Crippen molar-refractivity contribution in [1.82, 2.24) is 24.6 Å². The van der Waals surface area contributed by atoms with E-state index in [9.17, 15) is 4.79 Å². The Hall–Kier alpha value is -1.89. The van der Waals surface area contributed by atoms with Crippen LogP contribution in [-0.4, -0.2) is 49.4 Å². The summed E-state index contributed by atoms with van der Waals surface area (Å²) in [4.78, 5) is 22.3. The van der Waals surface area contributed by atoms with Crippen LogP contribution in [0, 0.1) is 5.92 Å². The molecule has 0 radical (unpaired) electrons. The zero-order valence-corrected chi connectivity index (χ0v) is 16.5. The lowest BCUT2D eigenvalue weighted by Gasteiger charge is -2.35. The molecule has 26 heavy (non-hydrogen) atoms. The van der Waals surface area contributed by atoms with Gasteiger partial charge in [-0.3, -0.25) is 0 Å². The lowest BCUT2D eigenvalue weighted by atomic mass is 9.85. The lowest BCUT2D eigenvalue weighted by Crippen LogP contribution is -2.42. The number of carbonyl (C=O) groups is 1. The van der Waals surface area contributed by atoms with Crippen molar-refractivity contribution in [2.45, 2.75) is 64.6 Å². The van der Waals surface area contributed by atoms with Crippen LogP contribution in [-0.2, 0) is 11.3 Å². The van der Waals surface area contributed by atoms with E-state index in [-0.39, 0.29) is 17.4 Å². The summed E-state index contributed by atoms with van der Waals surface area (Å²) < 4.78 is 7.38. The van der Waals surface area contributed by atoms with Crippen molar-refractivity contribution in [3.63, 3.8) is 0 Å². The molecule has 2 heterocycles. The molecule has 0 N–H and O–H groups in total. The van der Waals surface area contributed by atoms with Crippen molar-refractivity contribution in [2.24, 2.45) is 5.92 Å². The molecule has 2 aromatic rings. The maximum absolute atomic E-state index is 12.2. The van der Waals surface area contributed by atoms with Crippen molar-refractivity contribution < 1.29 is 9.53 Å². The van der Waals surface area contributed by atoms with Crippen molar-refractivity contribution >= 4 is 28.7 Å². The van der Waals surface area contributed by atoms with Crippen LogP contribution in [0.25, 0.3) is 11.0 Å². The van der Waals surface area contributed by atoms with E-state index in [2.05, 4.69) is 15.1 Å². The van der Waals surface area contributed by atoms with Crippen LogP contribution in [0.2, 0.25) is 5.28 Å². The maximum atomic E-state index is 12.2. The molecule has 1 fully saturated rings. The quantitative estimate of drug-likeness (QED) is 0.756. The molecule has 1 saturated carbocycles. The van der Waals surface area contributed by atoms with Crippen LogP contribution in [0.4, 0.5) is 4.79 Å². The predicted octanol–water partition coefficient (Wildman–Crippen LogP) is 3.91. The number of carbonyl (C=O) groups excluding carboxylic acids is 1. The predicted molar refractivity (Wildman–Crippen MR) is 100 cm³/mol. The van der Waals surface area contributed by atoms with E-state index in [4.69, 9.17) is 16.3 Å². The molecule has 1 aliphatic carbocycles. The second-order valence-corrected chi connectivity index (χ2v) is 8.35. The van der Waals surface area contributed by atoms with Crippen LogP contribution in [0.5, 0.6) is 0 Å². The summed E-state index contributed by atoms with van der Waals surface area (Å²) in [5.74, 6) is 0.509. The first-order valence-electron chi connectivity index (χ1n) is 9.03. The second kappa shape index (κ2) is 7.39. The molecule has 0 spiro atoms. The molecule has 142 valence electrons. The van der Waals surface area contributed by atoms with Crippen LogP contribution < -0.4 is 0 Å². The minimum Gasteiger partial charge on any atom is -0.444 e. The van der Waals surface area contributed by atoms with Crippen LogP contribution in [0.15, 0.2) is 12.4 Å². The molecule has 0 aromatic carbocycles. The molecule has 0 saturated heterocycles. The number of halogens is 1. The van der Waals surface area contributed by atoms with Gasteiger partial charge in [-0.1, -0.05) is 0 Å². The molecule has 7 nitrogen and oxygen atoms in total. The van der Waals surface area contributed by atoms with Gasteiger partial charge in [0, 0.05) is 25.8 Å². The third-order valence-electron chi connectivity index (χ3n) is 4.82. The Morgan fingerprint density at radius 2 is 2.00 bits per heavy atom. The fraction of sp³-hybridized carbons (Fsp3) is 0.667. The Bertz CT molecular complexity index is 777. The summed E-state index contributed by atoms with van der Waals surface area (Å²) >= 11 is 5.91. The van der Waals surface area contributed by atoms with Crippen LogP contribution in [0.3, 0.4) is 0 Å². The normalized spacial score (nSPS) is 21.0. The van der Waals surface area contributed by atoms with E-state index in [1.54, 1.807) is 17.3 Å². The molecule has 0 bridgehead atoms. The second-order valence-electron chi connectivity index (χ2n) is 8.01. The summed E-state index contributed by atoms with van der Waals surface area (Å²) in [5.41, 5.74) is 0.310. The Labute approximate surface area is 158 Å². The Morgan fingerprint density at radius 1 is 1.31 bits per heavy atom. The first-order valence-corrected chi connectivity index (χ1v) is 9.40. The Kier molecular flexibility index (Phi) is 5.37. The molecule has 0 unspecified atom stereocenters. The zero-order chi connectivity index (χ0) is 18.9. The molecule has 0 aliphatic heterocycles. The fourth-order valence-electron chi connectivity index (χ4n) is 3.42. The average molecular weight is 380 g/mol. The fourth-order valence-corrected chi connectivity index (χ4v) is 3.55. The minimum absolute atomic E-state index is 0.229. The smallest absolute Gasteiger partial charge is 0.410 e. The molecular weight excluding hydrogens is 354 g/mol. The zero-order valence-electron chi connectivity index (χ0n) is 15.8. The van der Waals surface area contributed by atoms with Gasteiger partial charge in [-0.15, -0.1) is 0 Å². The van der Waals surface area contributed by atoms with Gasteiger partial charge in [0.05, 0.1) is 11.6 Å². The third kappa shape index (κ3) is 4.44. The number of nitrogens with zero attached hydrogens (tertiary/aromatic N) is 5. The van der Waals surface area contributed by atoms with Gasteiger partial charge in [-0.25, -0.2) is 14.5 Å². The Morgan fingerprint density at radius 3 is 2.65 bits per heavy atom. The number of amides is 1. The summed E-state index contributed by atoms with van der Waals surface area (Å²) in [6, 6.07) is 0.229. The van der Waals surface area contributed by atoms with Gasteiger partial charge >= 0.3 is 6.09 Å². The highest BCUT2D eigenvalue weighted by Gasteiger charge is 2.29. The van der Waals surface area contributed by atoms with Crippen molar-refractivity contribution in [3.8, 4) is 0 Å². The van der Waals surface area contributed by atoms with Gasteiger partial charge in [-0.2, -0.15) is 10.1 Å². The van der Waals surface area contributed by atoms with E-state index in [1.807, 2.05) is 32.5 Å². The van der Waals surface area contributed by atoms with Gasteiger partial charge < -0.3 is 9.64 Å². The number of hydrogen-bond acceptors (Lipinski definition) is 5. The summed E-state index contributed by atoms with van der Waals surface area (Å²) in [6.07, 6.45) is 7.24. The molecule has 8 heteroatoms. The monoisotopic (exact) mass is 379 g/mol. The topological polar surface area (TPSA) is 73.1 Å². The van der Waals surface area contributed by atoms with E-state index in [1.165, 1.54) is 0 Å². The SMILES string of the molecule is CN(C(=O)OC(C)(C)C)C1CCC(Cn2ncc3cnc(Cl)nc32)CC1. The van der Waals surface area contributed by atoms with E-state index >= 15 is 0 Å². The van der Waals surface area contributed by atoms with Crippen LogP contribution >= 0.6 is 11.6 Å². The Balaban J connectivity index is 1.56. The molecule has 2 aromatic heterocycles. The van der Waals surface area contributed by atoms with Gasteiger partial charge in [0.2, 0.25) is 5.28 Å². The highest BCUT2D eigenvalue weighted by Crippen LogP contribution is 2.29. The van der Waals surface area contributed by atoms with Gasteiger partial charge in [0.1, 0.15) is 5.60 Å². The number of fused-ring (bicyclic) bond motifs is 1. The van der Waals surface area contributed by atoms with E-state index in [0.717, 1.165) is 43.3 Å². The van der Waals surface area contributed by atoms with Crippen molar-refractivity contribution in [3.05, 3.63) is 17.7 Å². The number of aromatic nitrogens is 4. The number of rotatable bonds is 3. The largest absolute Gasteiger partial charge is 0.444 e. The molecule has 0 atom stereocenters. The van der Waals surface area contributed by atoms with E-state index < -0.39 is 5.60 Å². The first kappa shape index (κ1) is 18.9. The number of hydrogen-bond donors (Lipinski definition) is 0. The minimum atomic E-state index is -0.465. The van der Waals surface area contributed by atoms with Crippen molar-refractivity contribution in [2.75, 3.05) is 7.05 Å². The number of ether oxygens (including phenoxy) is 1. The lowest BCUT2D eigenvalue weighted by molar-refractivity contribution is 0.0169. The van der Waals surface area contributed by atoms with Gasteiger partial charge in [0.25, 0.3) is 0 Å². The highest BCUT2D eigenvalue weighted by atomic mass is 35.5. The van der Waals surface area contributed by atoms with Gasteiger partial charge in [-0.05, 0) is 64.0 Å². The maximum Gasteiger partial charge on any atom is 0.410 e. The average Bonchev–Trinajstić information content (AvgIpc) is 2.95. The third-order valence-corrected chi connectivity index (χ3v) is 5.01. The molecular formula is C18H26ClN5O2. The molecule has 1 amide bonds. The van der Waals surface area contributed by atoms with Crippen molar-refractivity contribution in [1.29, 1.82) is 0 Å². The van der Waals surface area contributed by atoms with Gasteiger partial charge in [0.15, 0.2) is 5.65 Å².